The van der Waals surface area contributed by atoms with Gasteiger partial charge in [0.2, 0.25) is 0 Å². The number of nitrogens with zero attached hydrogens (tertiary/aromatic N) is 2. The van der Waals surface area contributed by atoms with Crippen molar-refractivity contribution in [3.63, 3.8) is 0 Å². The van der Waals surface area contributed by atoms with Crippen LogP contribution in [-0.2, 0) is 6.54 Å². The molecule has 0 saturated carbocycles. The third kappa shape index (κ3) is 5.56. The predicted molar refractivity (Wildman–Crippen MR) is 97.4 cm³/mol. The number of anilines is 1. The van der Waals surface area contributed by atoms with Crippen molar-refractivity contribution in [1.29, 1.82) is 0 Å². The molecule has 0 fully saturated rings. The lowest BCUT2D eigenvalue weighted by Gasteiger charge is -2.10. The molecular weight excluding hydrogens is 308 g/mol. The minimum atomic E-state index is 0.161. The molecule has 0 spiro atoms. The summed E-state index contributed by atoms with van der Waals surface area (Å²) in [6.07, 6.45) is 0.161. The van der Waals surface area contributed by atoms with Gasteiger partial charge in [0.1, 0.15) is 5.75 Å². The van der Waals surface area contributed by atoms with E-state index in [9.17, 15) is 0 Å². The first-order chi connectivity index (χ1) is 10.9. The van der Waals surface area contributed by atoms with E-state index < -0.39 is 0 Å². The Morgan fingerprint density at radius 1 is 1.26 bits per heavy atom. The van der Waals surface area contributed by atoms with Crippen LogP contribution in [0.25, 0.3) is 0 Å². The molecule has 0 amide bonds. The lowest BCUT2D eigenvalue weighted by molar-refractivity contribution is 0.242. The van der Waals surface area contributed by atoms with Crippen LogP contribution in [-0.4, -0.2) is 17.0 Å². The second-order valence-electron chi connectivity index (χ2n) is 5.85. The maximum Gasteiger partial charge on any atom is 0.193 e. The zero-order valence-electron chi connectivity index (χ0n) is 14.0. The van der Waals surface area contributed by atoms with Crippen molar-refractivity contribution >= 4 is 23.0 Å². The van der Waals surface area contributed by atoms with Crippen molar-refractivity contribution in [3.8, 4) is 5.75 Å². The van der Waals surface area contributed by atoms with Gasteiger partial charge in [-0.3, -0.25) is 0 Å². The van der Waals surface area contributed by atoms with Gasteiger partial charge in [0.15, 0.2) is 5.96 Å². The Bertz CT molecular complexity index is 647. The van der Waals surface area contributed by atoms with E-state index in [0.29, 0.717) is 18.4 Å². The number of nitrogens with one attached hydrogen (secondary N) is 1. The largest absolute Gasteiger partial charge is 0.491 e. The molecule has 0 unspecified atom stereocenters. The number of hydrogen-bond donors (Lipinski definition) is 2. The summed E-state index contributed by atoms with van der Waals surface area (Å²) in [7, 11) is 0. The zero-order valence-corrected chi connectivity index (χ0v) is 14.9. The zero-order chi connectivity index (χ0) is 16.8. The van der Waals surface area contributed by atoms with E-state index in [2.05, 4.69) is 29.1 Å². The summed E-state index contributed by atoms with van der Waals surface area (Å²) in [5, 5.41) is 6.23. The van der Waals surface area contributed by atoms with Gasteiger partial charge in [0.05, 0.1) is 23.4 Å². The van der Waals surface area contributed by atoms with Gasteiger partial charge in [0, 0.05) is 17.0 Å². The number of thiazole rings is 1. The molecule has 2 rings (SSSR count). The van der Waals surface area contributed by atoms with E-state index in [1.54, 1.807) is 11.3 Å². The minimum absolute atomic E-state index is 0.161. The van der Waals surface area contributed by atoms with Crippen LogP contribution in [0.15, 0.2) is 34.6 Å². The van der Waals surface area contributed by atoms with E-state index in [-0.39, 0.29) is 6.10 Å². The van der Waals surface area contributed by atoms with Gasteiger partial charge in [-0.2, -0.15) is 0 Å². The number of benzene rings is 1. The molecule has 0 bridgehead atoms. The molecule has 0 aliphatic heterocycles. The van der Waals surface area contributed by atoms with Gasteiger partial charge in [-0.25, -0.2) is 9.98 Å². The van der Waals surface area contributed by atoms with Crippen molar-refractivity contribution in [1.82, 2.24) is 4.98 Å². The molecule has 3 N–H and O–H groups in total. The SMILES string of the molecule is CC(C)Oc1ccc(NC(N)=NCc2csc(C(C)C)n2)cc1. The number of hydrogen-bond acceptors (Lipinski definition) is 4. The van der Waals surface area contributed by atoms with Gasteiger partial charge in [-0.1, -0.05) is 13.8 Å². The molecule has 0 saturated heterocycles. The summed E-state index contributed by atoms with van der Waals surface area (Å²) in [6, 6.07) is 7.65. The number of ether oxygens (including phenoxy) is 1. The Kier molecular flexibility index (Phi) is 5.98. The molecule has 0 radical (unpaired) electrons. The van der Waals surface area contributed by atoms with Crippen molar-refractivity contribution < 1.29 is 4.74 Å². The highest BCUT2D eigenvalue weighted by atomic mass is 32.1. The fraction of sp³-hybridized carbons (Fsp3) is 0.412. The average molecular weight is 332 g/mol. The summed E-state index contributed by atoms with van der Waals surface area (Å²) in [5.41, 5.74) is 7.75. The van der Waals surface area contributed by atoms with E-state index in [0.717, 1.165) is 22.1 Å². The summed E-state index contributed by atoms with van der Waals surface area (Å²) >= 11 is 1.66. The highest BCUT2D eigenvalue weighted by molar-refractivity contribution is 7.09. The number of guanidine groups is 1. The molecule has 0 aliphatic rings. The second-order valence-corrected chi connectivity index (χ2v) is 6.74. The Morgan fingerprint density at radius 2 is 1.96 bits per heavy atom. The molecule has 2 aromatic rings. The summed E-state index contributed by atoms with van der Waals surface area (Å²) in [4.78, 5) is 8.87. The van der Waals surface area contributed by atoms with Crippen LogP contribution in [0.3, 0.4) is 0 Å². The normalized spacial score (nSPS) is 12.0. The molecule has 1 aromatic heterocycles. The maximum atomic E-state index is 5.92. The molecule has 5 nitrogen and oxygen atoms in total. The summed E-state index contributed by atoms with van der Waals surface area (Å²) in [5.74, 6) is 1.66. The smallest absolute Gasteiger partial charge is 0.193 e. The third-order valence-corrected chi connectivity index (χ3v) is 4.17. The Morgan fingerprint density at radius 3 is 2.52 bits per heavy atom. The highest BCUT2D eigenvalue weighted by Gasteiger charge is 2.05. The van der Waals surface area contributed by atoms with E-state index in [4.69, 9.17) is 10.5 Å². The second kappa shape index (κ2) is 7.97. The lowest BCUT2D eigenvalue weighted by Crippen LogP contribution is -2.22. The van der Waals surface area contributed by atoms with Crippen LogP contribution in [0, 0.1) is 0 Å². The average Bonchev–Trinajstić information content (AvgIpc) is 2.96. The third-order valence-electron chi connectivity index (χ3n) is 2.97. The van der Waals surface area contributed by atoms with Crippen LogP contribution < -0.4 is 15.8 Å². The first kappa shape index (κ1) is 17.3. The first-order valence-electron chi connectivity index (χ1n) is 7.72. The number of aromatic nitrogens is 1. The molecule has 0 aliphatic carbocycles. The molecule has 23 heavy (non-hydrogen) atoms. The lowest BCUT2D eigenvalue weighted by atomic mass is 10.2. The van der Waals surface area contributed by atoms with Gasteiger partial charge < -0.3 is 15.8 Å². The Hall–Kier alpha value is -2.08. The number of aliphatic imine (C=N–C) groups is 1. The minimum Gasteiger partial charge on any atom is -0.491 e. The highest BCUT2D eigenvalue weighted by Crippen LogP contribution is 2.20. The van der Waals surface area contributed by atoms with Crippen LogP contribution in [0.5, 0.6) is 5.75 Å². The van der Waals surface area contributed by atoms with Crippen LogP contribution in [0.2, 0.25) is 0 Å². The van der Waals surface area contributed by atoms with Gasteiger partial charge in [-0.05, 0) is 38.1 Å². The topological polar surface area (TPSA) is 72.5 Å². The molecule has 1 heterocycles. The van der Waals surface area contributed by atoms with Crippen LogP contribution >= 0.6 is 11.3 Å². The predicted octanol–water partition coefficient (Wildman–Crippen LogP) is 3.98. The van der Waals surface area contributed by atoms with Gasteiger partial charge in [-0.15, -0.1) is 11.3 Å². The Labute approximate surface area is 141 Å². The van der Waals surface area contributed by atoms with Crippen LogP contribution in [0.4, 0.5) is 5.69 Å². The van der Waals surface area contributed by atoms with Crippen molar-refractivity contribution in [2.45, 2.75) is 46.3 Å². The van der Waals surface area contributed by atoms with Crippen molar-refractivity contribution in [2.24, 2.45) is 10.7 Å². The molecule has 124 valence electrons. The molecule has 6 heteroatoms. The van der Waals surface area contributed by atoms with Crippen LogP contribution in [0.1, 0.15) is 44.3 Å². The fourth-order valence-electron chi connectivity index (χ4n) is 1.90. The summed E-state index contributed by atoms with van der Waals surface area (Å²) in [6.45, 7) is 8.75. The molecule has 1 aromatic carbocycles. The fourth-order valence-corrected chi connectivity index (χ4v) is 2.73. The first-order valence-corrected chi connectivity index (χ1v) is 8.60. The summed E-state index contributed by atoms with van der Waals surface area (Å²) < 4.78 is 5.60. The number of nitrogens with two attached hydrogens (primary N) is 1. The van der Waals surface area contributed by atoms with Gasteiger partial charge >= 0.3 is 0 Å². The van der Waals surface area contributed by atoms with Crippen molar-refractivity contribution in [2.75, 3.05) is 5.32 Å². The maximum absolute atomic E-state index is 5.92. The molecule has 0 atom stereocenters. The quantitative estimate of drug-likeness (QED) is 0.620. The van der Waals surface area contributed by atoms with E-state index in [1.165, 1.54) is 0 Å². The van der Waals surface area contributed by atoms with Crippen molar-refractivity contribution in [3.05, 3.63) is 40.3 Å². The number of rotatable bonds is 6. The van der Waals surface area contributed by atoms with E-state index in [1.807, 2.05) is 43.5 Å². The van der Waals surface area contributed by atoms with Gasteiger partial charge in [0.25, 0.3) is 0 Å². The monoisotopic (exact) mass is 332 g/mol. The molecular formula is C17H24N4OS. The van der Waals surface area contributed by atoms with E-state index >= 15 is 0 Å². The Balaban J connectivity index is 1.91. The standard InChI is InChI=1S/C17H24N4OS/c1-11(2)16-20-14(10-23-16)9-19-17(18)21-13-5-7-15(8-6-13)22-12(3)4/h5-8,10-12H,9H2,1-4H3,(H3,18,19,21).